The second kappa shape index (κ2) is 8.15. The third-order valence-corrected chi connectivity index (χ3v) is 3.23. The maximum atomic E-state index is 11.9. The van der Waals surface area contributed by atoms with Crippen LogP contribution in [0.1, 0.15) is 13.3 Å². The number of rotatable bonds is 7. The molecule has 106 valence electrons. The van der Waals surface area contributed by atoms with Crippen LogP contribution in [0, 0.1) is 0 Å². The molecule has 1 N–H and O–H groups in total. The number of hydrogen-bond acceptors (Lipinski definition) is 3. The van der Waals surface area contributed by atoms with E-state index in [0.717, 1.165) is 12.1 Å². The van der Waals surface area contributed by atoms with E-state index in [2.05, 4.69) is 12.2 Å². The highest BCUT2D eigenvalue weighted by Crippen LogP contribution is 2.14. The lowest BCUT2D eigenvalue weighted by Gasteiger charge is -2.23. The smallest absolute Gasteiger partial charge is 0.238 e. The van der Waals surface area contributed by atoms with Gasteiger partial charge < -0.3 is 10.1 Å². The number of ether oxygens (including phenoxy) is 1. The van der Waals surface area contributed by atoms with Gasteiger partial charge in [-0.1, -0.05) is 17.7 Å². The highest BCUT2D eigenvalue weighted by molar-refractivity contribution is 6.30. The zero-order valence-electron chi connectivity index (χ0n) is 11.6. The monoisotopic (exact) mass is 284 g/mol. The molecule has 1 aromatic carbocycles. The first-order valence-electron chi connectivity index (χ1n) is 6.27. The Labute approximate surface area is 119 Å². The maximum absolute atomic E-state index is 11.9. The molecule has 19 heavy (non-hydrogen) atoms. The highest BCUT2D eigenvalue weighted by atomic mass is 35.5. The Morgan fingerprint density at radius 1 is 1.53 bits per heavy atom. The molecule has 0 aromatic heterocycles. The SMILES string of the molecule is COCC[C@H](C)N(C)CC(=O)Nc1cccc(Cl)c1. The summed E-state index contributed by atoms with van der Waals surface area (Å²) in [6, 6.07) is 7.43. The van der Waals surface area contributed by atoms with E-state index in [1.165, 1.54) is 0 Å². The van der Waals surface area contributed by atoms with Crippen LogP contribution >= 0.6 is 11.6 Å². The number of carbonyl (C=O) groups excluding carboxylic acids is 1. The van der Waals surface area contributed by atoms with Crippen LogP contribution in [0.25, 0.3) is 0 Å². The van der Waals surface area contributed by atoms with Crippen LogP contribution in [-0.4, -0.2) is 44.2 Å². The lowest BCUT2D eigenvalue weighted by Crippen LogP contribution is -2.37. The van der Waals surface area contributed by atoms with Crippen molar-refractivity contribution >= 4 is 23.2 Å². The average molecular weight is 285 g/mol. The van der Waals surface area contributed by atoms with Crippen molar-refractivity contribution in [2.75, 3.05) is 32.6 Å². The molecule has 0 spiro atoms. The molecule has 1 rings (SSSR count). The molecule has 5 heteroatoms. The largest absolute Gasteiger partial charge is 0.385 e. The van der Waals surface area contributed by atoms with Crippen LogP contribution in [0.3, 0.4) is 0 Å². The summed E-state index contributed by atoms with van der Waals surface area (Å²) in [5.41, 5.74) is 0.718. The molecule has 4 nitrogen and oxygen atoms in total. The average Bonchev–Trinajstić information content (AvgIpc) is 2.35. The summed E-state index contributed by atoms with van der Waals surface area (Å²) in [5.74, 6) is -0.0472. The summed E-state index contributed by atoms with van der Waals surface area (Å²) >= 11 is 5.87. The van der Waals surface area contributed by atoms with Crippen molar-refractivity contribution in [3.8, 4) is 0 Å². The molecule has 0 aliphatic carbocycles. The summed E-state index contributed by atoms with van der Waals surface area (Å²) in [7, 11) is 3.61. The van der Waals surface area contributed by atoms with Crippen LogP contribution < -0.4 is 5.32 Å². The zero-order chi connectivity index (χ0) is 14.3. The topological polar surface area (TPSA) is 41.6 Å². The number of hydrogen-bond donors (Lipinski definition) is 1. The van der Waals surface area contributed by atoms with Crippen LogP contribution in [0.15, 0.2) is 24.3 Å². The van der Waals surface area contributed by atoms with E-state index in [-0.39, 0.29) is 5.91 Å². The molecule has 0 radical (unpaired) electrons. The predicted octanol–water partition coefficient (Wildman–Crippen LogP) is 2.64. The van der Waals surface area contributed by atoms with Gasteiger partial charge in [0.15, 0.2) is 0 Å². The highest BCUT2D eigenvalue weighted by Gasteiger charge is 2.13. The fourth-order valence-electron chi connectivity index (χ4n) is 1.66. The van der Waals surface area contributed by atoms with Crippen molar-refractivity contribution in [2.45, 2.75) is 19.4 Å². The van der Waals surface area contributed by atoms with Gasteiger partial charge >= 0.3 is 0 Å². The molecular formula is C14H21ClN2O2. The normalized spacial score (nSPS) is 12.5. The number of methoxy groups -OCH3 is 1. The van der Waals surface area contributed by atoms with E-state index in [9.17, 15) is 4.79 Å². The second-order valence-corrected chi connectivity index (χ2v) is 5.04. The molecule has 0 saturated heterocycles. The summed E-state index contributed by atoms with van der Waals surface area (Å²) in [5, 5.41) is 3.44. The predicted molar refractivity (Wildman–Crippen MR) is 78.7 cm³/mol. The fourth-order valence-corrected chi connectivity index (χ4v) is 1.85. The van der Waals surface area contributed by atoms with Gasteiger partial charge in [-0.2, -0.15) is 0 Å². The number of likely N-dealkylation sites (N-methyl/N-ethyl adjacent to an activating group) is 1. The number of carbonyl (C=O) groups is 1. The number of halogens is 1. The summed E-state index contributed by atoms with van der Waals surface area (Å²) in [6.07, 6.45) is 0.900. The first kappa shape index (κ1) is 16.0. The minimum absolute atomic E-state index is 0.0472. The van der Waals surface area contributed by atoms with E-state index in [1.54, 1.807) is 19.2 Å². The third-order valence-electron chi connectivity index (χ3n) is 2.99. The van der Waals surface area contributed by atoms with Crippen LogP contribution in [-0.2, 0) is 9.53 Å². The van der Waals surface area contributed by atoms with Gasteiger partial charge in [0, 0.05) is 30.5 Å². The van der Waals surface area contributed by atoms with E-state index in [4.69, 9.17) is 16.3 Å². The molecule has 0 heterocycles. The molecule has 0 aliphatic heterocycles. The molecule has 0 unspecified atom stereocenters. The van der Waals surface area contributed by atoms with Crippen LogP contribution in [0.2, 0.25) is 5.02 Å². The van der Waals surface area contributed by atoms with Gasteiger partial charge in [0.1, 0.15) is 0 Å². The molecule has 1 atom stereocenters. The quantitative estimate of drug-likeness (QED) is 0.837. The number of amides is 1. The Bertz CT molecular complexity index is 412. The summed E-state index contributed by atoms with van der Waals surface area (Å²) in [4.78, 5) is 13.9. The van der Waals surface area contributed by atoms with Crippen molar-refractivity contribution in [1.82, 2.24) is 4.90 Å². The van der Waals surface area contributed by atoms with Crippen LogP contribution in [0.5, 0.6) is 0 Å². The number of nitrogens with zero attached hydrogens (tertiary/aromatic N) is 1. The van der Waals surface area contributed by atoms with E-state index in [1.807, 2.05) is 24.1 Å². The number of benzene rings is 1. The Morgan fingerprint density at radius 3 is 2.89 bits per heavy atom. The van der Waals surface area contributed by atoms with Crippen molar-refractivity contribution < 1.29 is 9.53 Å². The molecule has 1 aromatic rings. The Morgan fingerprint density at radius 2 is 2.26 bits per heavy atom. The third kappa shape index (κ3) is 6.05. The Kier molecular flexibility index (Phi) is 6.84. The van der Waals surface area contributed by atoms with Crippen molar-refractivity contribution in [2.24, 2.45) is 0 Å². The maximum Gasteiger partial charge on any atom is 0.238 e. The molecule has 0 aliphatic rings. The van der Waals surface area contributed by atoms with Gasteiger partial charge in [-0.25, -0.2) is 0 Å². The first-order valence-corrected chi connectivity index (χ1v) is 6.65. The van der Waals surface area contributed by atoms with Gasteiger partial charge in [-0.15, -0.1) is 0 Å². The molecular weight excluding hydrogens is 264 g/mol. The standard InChI is InChI=1S/C14H21ClN2O2/c1-11(7-8-19-3)17(2)10-14(18)16-13-6-4-5-12(15)9-13/h4-6,9,11H,7-8,10H2,1-3H3,(H,16,18)/t11-/m0/s1. The van der Waals surface area contributed by atoms with Crippen molar-refractivity contribution in [3.63, 3.8) is 0 Å². The van der Waals surface area contributed by atoms with Crippen LogP contribution in [0.4, 0.5) is 5.69 Å². The molecule has 0 saturated carbocycles. The number of anilines is 1. The second-order valence-electron chi connectivity index (χ2n) is 4.60. The first-order chi connectivity index (χ1) is 9.02. The minimum Gasteiger partial charge on any atom is -0.385 e. The van der Waals surface area contributed by atoms with Gasteiger partial charge in [0.05, 0.1) is 6.54 Å². The van der Waals surface area contributed by atoms with Crippen molar-refractivity contribution in [1.29, 1.82) is 0 Å². The molecule has 0 bridgehead atoms. The van der Waals surface area contributed by atoms with Gasteiger partial charge in [0.2, 0.25) is 5.91 Å². The molecule has 1 amide bonds. The Hall–Kier alpha value is -1.10. The lowest BCUT2D eigenvalue weighted by molar-refractivity contribution is -0.117. The summed E-state index contributed by atoms with van der Waals surface area (Å²) in [6.45, 7) is 3.12. The van der Waals surface area contributed by atoms with E-state index < -0.39 is 0 Å². The van der Waals surface area contributed by atoms with Gasteiger partial charge in [-0.05, 0) is 38.6 Å². The Balaban J connectivity index is 2.42. The van der Waals surface area contributed by atoms with Gasteiger partial charge in [-0.3, -0.25) is 9.69 Å². The molecule has 0 fully saturated rings. The minimum atomic E-state index is -0.0472. The van der Waals surface area contributed by atoms with E-state index in [0.29, 0.717) is 24.2 Å². The lowest BCUT2D eigenvalue weighted by atomic mass is 10.2. The van der Waals surface area contributed by atoms with Gasteiger partial charge in [0.25, 0.3) is 0 Å². The van der Waals surface area contributed by atoms with E-state index >= 15 is 0 Å². The number of nitrogens with one attached hydrogen (secondary N) is 1. The fraction of sp³-hybridized carbons (Fsp3) is 0.500. The van der Waals surface area contributed by atoms with Crippen molar-refractivity contribution in [3.05, 3.63) is 29.3 Å². The zero-order valence-corrected chi connectivity index (χ0v) is 12.4. The summed E-state index contributed by atoms with van der Waals surface area (Å²) < 4.78 is 5.03.